The monoisotopic (exact) mass is 281 g/mol. The maximum atomic E-state index is 13.9. The number of benzene rings is 1. The van der Waals surface area contributed by atoms with Crippen LogP contribution in [-0.2, 0) is 4.79 Å². The van der Waals surface area contributed by atoms with Crippen LogP contribution in [0.4, 0.5) is 10.1 Å². The number of nitrogens with two attached hydrogens (primary N) is 1. The Morgan fingerprint density at radius 1 is 1.53 bits per heavy atom. The maximum Gasteiger partial charge on any atom is 0.245 e. The molecule has 0 saturated carbocycles. The molecule has 1 aromatic carbocycles. The highest BCUT2D eigenvalue weighted by molar-refractivity contribution is 7.80. The Morgan fingerprint density at radius 3 is 2.84 bits per heavy atom. The number of halogens is 1. The molecule has 102 valence electrons. The van der Waals surface area contributed by atoms with Gasteiger partial charge in [-0.3, -0.25) is 4.79 Å². The van der Waals surface area contributed by atoms with Crippen molar-refractivity contribution in [1.82, 2.24) is 5.32 Å². The number of rotatable bonds is 2. The fraction of sp³-hybridized carbons (Fsp3) is 0.385. The highest BCUT2D eigenvalue weighted by Crippen LogP contribution is 2.30. The predicted molar refractivity (Wildman–Crippen MR) is 76.7 cm³/mol. The van der Waals surface area contributed by atoms with E-state index in [-0.39, 0.29) is 16.5 Å². The Hall–Kier alpha value is -1.69. The first-order valence-electron chi connectivity index (χ1n) is 6.00. The van der Waals surface area contributed by atoms with Crippen LogP contribution >= 0.6 is 12.2 Å². The number of hydrogen-bond donors (Lipinski definition) is 2. The minimum absolute atomic E-state index is 0.00474. The zero-order valence-corrected chi connectivity index (χ0v) is 11.7. The Bertz CT molecular complexity index is 545. The van der Waals surface area contributed by atoms with Gasteiger partial charge in [-0.1, -0.05) is 18.3 Å². The summed E-state index contributed by atoms with van der Waals surface area (Å²) in [4.78, 5) is 13.8. The lowest BCUT2D eigenvalue weighted by Gasteiger charge is -2.43. The van der Waals surface area contributed by atoms with E-state index in [2.05, 4.69) is 5.32 Å². The second-order valence-corrected chi connectivity index (χ2v) is 5.40. The first kappa shape index (κ1) is 13.7. The van der Waals surface area contributed by atoms with E-state index in [1.165, 1.54) is 6.07 Å². The molecular weight excluding hydrogens is 265 g/mol. The topological polar surface area (TPSA) is 58.4 Å². The van der Waals surface area contributed by atoms with E-state index < -0.39 is 11.4 Å². The molecule has 0 aliphatic carbocycles. The summed E-state index contributed by atoms with van der Waals surface area (Å²) in [6.07, 6.45) is 0. The van der Waals surface area contributed by atoms with Crippen molar-refractivity contribution in [3.8, 4) is 0 Å². The molecule has 4 nitrogen and oxygen atoms in total. The van der Waals surface area contributed by atoms with E-state index in [1.807, 2.05) is 4.90 Å². The molecule has 1 fully saturated rings. The van der Waals surface area contributed by atoms with Crippen molar-refractivity contribution in [2.45, 2.75) is 19.4 Å². The van der Waals surface area contributed by atoms with Gasteiger partial charge in [0.15, 0.2) is 0 Å². The molecule has 6 heteroatoms. The van der Waals surface area contributed by atoms with E-state index in [9.17, 15) is 9.18 Å². The van der Waals surface area contributed by atoms with Gasteiger partial charge in [-0.05, 0) is 26.0 Å². The van der Waals surface area contributed by atoms with Crippen LogP contribution in [0.15, 0.2) is 18.2 Å². The summed E-state index contributed by atoms with van der Waals surface area (Å²) in [6, 6.07) is 4.64. The number of hydrogen-bond acceptors (Lipinski definition) is 3. The van der Waals surface area contributed by atoms with Crippen LogP contribution in [0.1, 0.15) is 19.4 Å². The Morgan fingerprint density at radius 2 is 2.21 bits per heavy atom. The van der Waals surface area contributed by atoms with E-state index in [0.717, 1.165) is 0 Å². The quantitative estimate of drug-likeness (QED) is 0.799. The van der Waals surface area contributed by atoms with Crippen molar-refractivity contribution >= 4 is 28.8 Å². The summed E-state index contributed by atoms with van der Waals surface area (Å²) >= 11 is 4.92. The van der Waals surface area contributed by atoms with Crippen molar-refractivity contribution in [3.63, 3.8) is 0 Å². The average molecular weight is 281 g/mol. The number of nitrogens with one attached hydrogen (secondary N) is 1. The number of nitrogens with zero attached hydrogens (tertiary/aromatic N) is 1. The molecule has 1 amide bonds. The van der Waals surface area contributed by atoms with Crippen molar-refractivity contribution in [2.75, 3.05) is 18.0 Å². The zero-order valence-electron chi connectivity index (χ0n) is 10.9. The van der Waals surface area contributed by atoms with Gasteiger partial charge in [0.1, 0.15) is 16.3 Å². The third kappa shape index (κ3) is 2.28. The van der Waals surface area contributed by atoms with E-state index >= 15 is 0 Å². The molecule has 0 spiro atoms. The molecule has 1 aliphatic rings. The van der Waals surface area contributed by atoms with Crippen LogP contribution in [-0.4, -0.2) is 29.5 Å². The maximum absolute atomic E-state index is 13.9. The summed E-state index contributed by atoms with van der Waals surface area (Å²) in [5, 5.41) is 2.80. The summed E-state index contributed by atoms with van der Waals surface area (Å²) in [6.45, 7) is 4.67. The van der Waals surface area contributed by atoms with Crippen molar-refractivity contribution in [2.24, 2.45) is 5.73 Å². The van der Waals surface area contributed by atoms with Gasteiger partial charge in [0.05, 0.1) is 11.3 Å². The molecule has 0 radical (unpaired) electrons. The van der Waals surface area contributed by atoms with Gasteiger partial charge >= 0.3 is 0 Å². The number of amides is 1. The second-order valence-electron chi connectivity index (χ2n) is 4.96. The standard InChI is InChI=1S/C13H16FN3OS/c1-13(2)12(18)16-6-7-17(13)9-5-3-4-8(14)10(9)11(15)19/h3-5H,6-7H2,1-2H3,(H2,15,19)(H,16,18). The molecule has 1 saturated heterocycles. The van der Waals surface area contributed by atoms with Gasteiger partial charge in [0, 0.05) is 13.1 Å². The van der Waals surface area contributed by atoms with Crippen molar-refractivity contribution < 1.29 is 9.18 Å². The molecule has 0 bridgehead atoms. The molecule has 0 atom stereocenters. The molecular formula is C13H16FN3OS. The minimum atomic E-state index is -0.772. The number of anilines is 1. The van der Waals surface area contributed by atoms with Gasteiger partial charge in [0.2, 0.25) is 5.91 Å². The summed E-state index contributed by atoms with van der Waals surface area (Å²) in [5.74, 6) is -0.566. The van der Waals surface area contributed by atoms with Gasteiger partial charge < -0.3 is 16.0 Å². The summed E-state index contributed by atoms with van der Waals surface area (Å²) in [5.41, 5.74) is 5.59. The molecule has 19 heavy (non-hydrogen) atoms. The predicted octanol–water partition coefficient (Wildman–Crippen LogP) is 1.17. The van der Waals surface area contributed by atoms with Crippen LogP contribution in [0.25, 0.3) is 0 Å². The number of piperazine rings is 1. The van der Waals surface area contributed by atoms with Crippen LogP contribution in [0.2, 0.25) is 0 Å². The van der Waals surface area contributed by atoms with Crippen molar-refractivity contribution in [1.29, 1.82) is 0 Å². The largest absolute Gasteiger partial charge is 0.389 e. The smallest absolute Gasteiger partial charge is 0.245 e. The number of carbonyl (C=O) groups is 1. The molecule has 2 rings (SSSR count). The van der Waals surface area contributed by atoms with Gasteiger partial charge in [-0.15, -0.1) is 0 Å². The number of thiocarbonyl (C=S) groups is 1. The number of carbonyl (C=O) groups excluding carboxylic acids is 1. The third-order valence-electron chi connectivity index (χ3n) is 3.38. The van der Waals surface area contributed by atoms with E-state index in [1.54, 1.807) is 26.0 Å². The van der Waals surface area contributed by atoms with Crippen LogP contribution in [0.3, 0.4) is 0 Å². The van der Waals surface area contributed by atoms with Crippen LogP contribution in [0, 0.1) is 5.82 Å². The Labute approximate surface area is 116 Å². The molecule has 3 N–H and O–H groups in total. The van der Waals surface area contributed by atoms with Gasteiger partial charge in [-0.2, -0.15) is 0 Å². The fourth-order valence-corrected chi connectivity index (χ4v) is 2.50. The van der Waals surface area contributed by atoms with E-state index in [4.69, 9.17) is 18.0 Å². The highest BCUT2D eigenvalue weighted by Gasteiger charge is 2.39. The van der Waals surface area contributed by atoms with Gasteiger partial charge in [-0.25, -0.2) is 4.39 Å². The Kier molecular flexibility index (Phi) is 3.45. The first-order valence-corrected chi connectivity index (χ1v) is 6.41. The van der Waals surface area contributed by atoms with Crippen LogP contribution < -0.4 is 16.0 Å². The van der Waals surface area contributed by atoms with Crippen LogP contribution in [0.5, 0.6) is 0 Å². The fourth-order valence-electron chi connectivity index (χ4n) is 2.30. The summed E-state index contributed by atoms with van der Waals surface area (Å²) in [7, 11) is 0. The molecule has 0 aromatic heterocycles. The normalized spacial score (nSPS) is 18.1. The van der Waals surface area contributed by atoms with Gasteiger partial charge in [0.25, 0.3) is 0 Å². The minimum Gasteiger partial charge on any atom is -0.389 e. The third-order valence-corrected chi connectivity index (χ3v) is 3.58. The van der Waals surface area contributed by atoms with E-state index in [0.29, 0.717) is 18.8 Å². The summed E-state index contributed by atoms with van der Waals surface area (Å²) < 4.78 is 13.9. The lowest BCUT2D eigenvalue weighted by Crippen LogP contribution is -2.62. The molecule has 1 aromatic rings. The molecule has 1 heterocycles. The van der Waals surface area contributed by atoms with Crippen molar-refractivity contribution in [3.05, 3.63) is 29.6 Å². The molecule has 0 unspecified atom stereocenters. The Balaban J connectivity index is 2.55. The second kappa shape index (κ2) is 4.77. The zero-order chi connectivity index (χ0) is 14.2. The average Bonchev–Trinajstić information content (AvgIpc) is 2.31. The highest BCUT2D eigenvalue weighted by atomic mass is 32.1. The lowest BCUT2D eigenvalue weighted by atomic mass is 9.96. The lowest BCUT2D eigenvalue weighted by molar-refractivity contribution is -0.126. The molecule has 1 aliphatic heterocycles. The first-order chi connectivity index (χ1) is 8.85. The SMILES string of the molecule is CC1(C)C(=O)NCCN1c1cccc(F)c1C(N)=S.